The monoisotopic (exact) mass is 713 g/mol. The van der Waals surface area contributed by atoms with E-state index in [1.165, 1.54) is 71.5 Å². The highest BCUT2D eigenvalue weighted by Gasteiger charge is 2.54. The number of hydrogen-bond donors (Lipinski definition) is 0. The average molecular weight is 715 g/mol. The molecule has 1 aliphatic heterocycles. The number of halogens is 1. The van der Waals surface area contributed by atoms with Crippen molar-refractivity contribution in [1.29, 1.82) is 0 Å². The van der Waals surface area contributed by atoms with Gasteiger partial charge in [0.1, 0.15) is 11.9 Å². The predicted molar refractivity (Wildman–Crippen MR) is 210 cm³/mol. The van der Waals surface area contributed by atoms with Crippen LogP contribution >= 0.6 is 15.9 Å². The van der Waals surface area contributed by atoms with Gasteiger partial charge in [0, 0.05) is 28.9 Å². The first-order chi connectivity index (χ1) is 24.7. The second-order valence-electron chi connectivity index (χ2n) is 14.6. The summed E-state index contributed by atoms with van der Waals surface area (Å²) in [6, 6.07) is 32.7. The number of anilines is 1. The molecule has 0 saturated carbocycles. The van der Waals surface area contributed by atoms with E-state index in [9.17, 15) is 0 Å². The van der Waals surface area contributed by atoms with E-state index < -0.39 is 5.41 Å². The van der Waals surface area contributed by atoms with E-state index in [2.05, 4.69) is 160 Å². The molecule has 4 aromatic rings. The fourth-order valence-electron chi connectivity index (χ4n) is 9.79. The number of hydrogen-bond acceptors (Lipinski definition) is 2. The molecule has 0 aromatic heterocycles. The summed E-state index contributed by atoms with van der Waals surface area (Å²) in [5, 5.41) is 2.58. The summed E-state index contributed by atoms with van der Waals surface area (Å²) in [5.74, 6) is 1.78. The van der Waals surface area contributed by atoms with Crippen LogP contribution in [0.15, 0.2) is 167 Å². The van der Waals surface area contributed by atoms with Gasteiger partial charge in [-0.25, -0.2) is 0 Å². The SMILES string of the molecule is BrC1=CC=C(N(C2=CC=CCC2)c2ccc(C3(C4CC=CC5=C4OC4C=CCCC54)c4ccccc4-c4cc5ccccc5cc43)cc2)CC1. The third-order valence-corrected chi connectivity index (χ3v) is 12.7. The number of nitrogens with zero attached hydrogens (tertiary/aromatic N) is 1. The zero-order chi connectivity index (χ0) is 33.2. The third kappa shape index (κ3) is 4.59. The van der Waals surface area contributed by atoms with E-state index in [0.717, 1.165) is 44.9 Å². The molecule has 3 heteroatoms. The Morgan fingerprint density at radius 3 is 2.36 bits per heavy atom. The summed E-state index contributed by atoms with van der Waals surface area (Å²) in [5.41, 5.74) is 11.8. The lowest BCUT2D eigenvalue weighted by molar-refractivity contribution is 0.114. The molecule has 50 heavy (non-hydrogen) atoms. The maximum Gasteiger partial charge on any atom is 0.123 e. The molecule has 2 nitrogen and oxygen atoms in total. The van der Waals surface area contributed by atoms with E-state index in [4.69, 9.17) is 4.74 Å². The Morgan fingerprint density at radius 2 is 1.54 bits per heavy atom. The maximum absolute atomic E-state index is 7.09. The van der Waals surface area contributed by atoms with Gasteiger partial charge in [-0.15, -0.1) is 0 Å². The Balaban J connectivity index is 1.20. The molecule has 6 aliphatic rings. The van der Waals surface area contributed by atoms with Gasteiger partial charge in [-0.1, -0.05) is 113 Å². The van der Waals surface area contributed by atoms with Crippen LogP contribution in [0.1, 0.15) is 61.6 Å². The zero-order valence-electron chi connectivity index (χ0n) is 28.2. The molecule has 4 unspecified atom stereocenters. The lowest BCUT2D eigenvalue weighted by Crippen LogP contribution is -2.38. The van der Waals surface area contributed by atoms with Gasteiger partial charge >= 0.3 is 0 Å². The minimum atomic E-state index is -0.410. The largest absolute Gasteiger partial charge is 0.489 e. The van der Waals surface area contributed by atoms with Crippen LogP contribution in [0.2, 0.25) is 0 Å². The summed E-state index contributed by atoms with van der Waals surface area (Å²) in [7, 11) is 0. The van der Waals surface area contributed by atoms with Gasteiger partial charge in [0.25, 0.3) is 0 Å². The second-order valence-corrected chi connectivity index (χ2v) is 15.6. The van der Waals surface area contributed by atoms with E-state index in [1.807, 2.05) is 0 Å². The van der Waals surface area contributed by atoms with Crippen LogP contribution in [0.3, 0.4) is 0 Å². The fraction of sp³-hybridized carbons (Fsp3) is 0.234. The highest BCUT2D eigenvalue weighted by molar-refractivity contribution is 9.11. The molecule has 0 spiro atoms. The minimum Gasteiger partial charge on any atom is -0.489 e. The molecule has 0 N–H and O–H groups in total. The molecule has 0 radical (unpaired) electrons. The summed E-state index contributed by atoms with van der Waals surface area (Å²) in [6.07, 6.45) is 28.3. The molecule has 0 bridgehead atoms. The third-order valence-electron chi connectivity index (χ3n) is 12.0. The van der Waals surface area contributed by atoms with Crippen LogP contribution in [0.25, 0.3) is 21.9 Å². The average Bonchev–Trinajstić information content (AvgIpc) is 3.69. The van der Waals surface area contributed by atoms with Crippen LogP contribution in [0.5, 0.6) is 0 Å². The van der Waals surface area contributed by atoms with E-state index in [0.29, 0.717) is 5.92 Å². The molecule has 4 aromatic carbocycles. The van der Waals surface area contributed by atoms with Gasteiger partial charge in [-0.2, -0.15) is 0 Å². The highest BCUT2D eigenvalue weighted by Crippen LogP contribution is 2.62. The van der Waals surface area contributed by atoms with E-state index in [1.54, 1.807) is 0 Å². The molecular formula is C47H40BrNO. The van der Waals surface area contributed by atoms with Crippen LogP contribution < -0.4 is 4.90 Å². The van der Waals surface area contributed by atoms with Crippen molar-refractivity contribution in [3.8, 4) is 11.1 Å². The van der Waals surface area contributed by atoms with Crippen molar-refractivity contribution in [2.45, 2.75) is 56.5 Å². The van der Waals surface area contributed by atoms with Gasteiger partial charge in [-0.05, 0) is 136 Å². The molecule has 1 heterocycles. The maximum atomic E-state index is 7.09. The molecular weight excluding hydrogens is 674 g/mol. The topological polar surface area (TPSA) is 12.5 Å². The molecule has 0 saturated heterocycles. The quantitative estimate of drug-likeness (QED) is 0.191. The van der Waals surface area contributed by atoms with Crippen LogP contribution in [-0.4, -0.2) is 6.10 Å². The van der Waals surface area contributed by atoms with Crippen molar-refractivity contribution in [3.05, 3.63) is 184 Å². The predicted octanol–water partition coefficient (Wildman–Crippen LogP) is 12.3. The number of ether oxygens (including phenoxy) is 1. The lowest BCUT2D eigenvalue weighted by atomic mass is 9.61. The highest BCUT2D eigenvalue weighted by atomic mass is 79.9. The summed E-state index contributed by atoms with van der Waals surface area (Å²) >= 11 is 3.74. The van der Waals surface area contributed by atoms with E-state index in [-0.39, 0.29) is 12.0 Å². The van der Waals surface area contributed by atoms with Crippen molar-refractivity contribution in [1.82, 2.24) is 0 Å². The van der Waals surface area contributed by atoms with Gasteiger partial charge in [0.05, 0.1) is 5.41 Å². The van der Waals surface area contributed by atoms with Gasteiger partial charge < -0.3 is 9.64 Å². The smallest absolute Gasteiger partial charge is 0.123 e. The number of allylic oxidation sites excluding steroid dienone is 12. The second kappa shape index (κ2) is 12.0. The first kappa shape index (κ1) is 30.2. The van der Waals surface area contributed by atoms with Crippen LogP contribution in [0, 0.1) is 11.8 Å². The van der Waals surface area contributed by atoms with Crippen molar-refractivity contribution in [2.24, 2.45) is 11.8 Å². The van der Waals surface area contributed by atoms with Gasteiger partial charge in [-0.3, -0.25) is 0 Å². The Labute approximate surface area is 303 Å². The first-order valence-electron chi connectivity index (χ1n) is 18.4. The van der Waals surface area contributed by atoms with Crippen molar-refractivity contribution in [2.75, 3.05) is 4.90 Å². The van der Waals surface area contributed by atoms with Crippen LogP contribution in [-0.2, 0) is 10.2 Å². The normalized spacial score (nSPS) is 26.0. The molecule has 246 valence electrons. The number of rotatable bonds is 5. The van der Waals surface area contributed by atoms with Gasteiger partial charge in [0.15, 0.2) is 0 Å². The van der Waals surface area contributed by atoms with Crippen molar-refractivity contribution >= 4 is 32.4 Å². The Kier molecular flexibility index (Phi) is 7.27. The molecule has 4 atom stereocenters. The first-order valence-corrected chi connectivity index (χ1v) is 19.2. The standard InChI is InChI=1S/C47H40BrNO/c48-34-23-27-37(28-24-34)49(35-13-2-1-3-14-35)36-25-21-33(22-26-36)47(43-19-10-17-40-39-16-7-9-20-45(39)50-46(40)43)42-18-8-6-15-38(42)41-29-31-11-4-5-12-32(31)30-44(41)47/h1-2,4-6,8-13,15,17-18,20-23,25-27,29-30,39,43,45H,3,7,14,16,19,24,28H2. The summed E-state index contributed by atoms with van der Waals surface area (Å²) < 4.78 is 8.36. The zero-order valence-corrected chi connectivity index (χ0v) is 29.8. The summed E-state index contributed by atoms with van der Waals surface area (Å²) in [6.45, 7) is 0. The van der Waals surface area contributed by atoms with E-state index >= 15 is 0 Å². The molecule has 10 rings (SSSR count). The Morgan fingerprint density at radius 1 is 0.720 bits per heavy atom. The molecule has 0 fully saturated rings. The lowest BCUT2D eigenvalue weighted by Gasteiger charge is -2.42. The van der Waals surface area contributed by atoms with Crippen molar-refractivity contribution in [3.63, 3.8) is 0 Å². The minimum absolute atomic E-state index is 0.135. The Hall–Kier alpha value is -4.60. The molecule has 5 aliphatic carbocycles. The number of fused-ring (bicyclic) bond motifs is 6. The van der Waals surface area contributed by atoms with Crippen molar-refractivity contribution < 1.29 is 4.74 Å². The Bertz CT molecular complexity index is 2260. The summed E-state index contributed by atoms with van der Waals surface area (Å²) in [4.78, 5) is 2.51. The molecule has 0 amide bonds. The van der Waals surface area contributed by atoms with Crippen LogP contribution in [0.4, 0.5) is 5.69 Å². The fourth-order valence-corrected chi connectivity index (χ4v) is 10.1. The number of benzene rings is 4. The van der Waals surface area contributed by atoms with Gasteiger partial charge in [0.2, 0.25) is 0 Å².